The molecular weight excluding hydrogens is 220 g/mol. The van der Waals surface area contributed by atoms with Crippen LogP contribution in [0.2, 0.25) is 0 Å². The van der Waals surface area contributed by atoms with Crippen LogP contribution in [0, 0.1) is 17.0 Å². The van der Waals surface area contributed by atoms with E-state index in [2.05, 4.69) is 12.2 Å². The normalized spacial score (nSPS) is 19.1. The Morgan fingerprint density at radius 2 is 2.06 bits per heavy atom. The predicted molar refractivity (Wildman–Crippen MR) is 64.7 cm³/mol. The Bertz CT molecular complexity index is 399. The average molecular weight is 239 g/mol. The molecule has 1 unspecified atom stereocenters. The summed E-state index contributed by atoms with van der Waals surface area (Å²) in [5.41, 5.74) is 0.975. The van der Waals surface area contributed by atoms with Gasteiger partial charge in [0.2, 0.25) is 0 Å². The Morgan fingerprint density at radius 1 is 1.35 bits per heavy atom. The minimum atomic E-state index is -0.523. The quantitative estimate of drug-likeness (QED) is 0.824. The van der Waals surface area contributed by atoms with Crippen molar-refractivity contribution in [3.63, 3.8) is 0 Å². The van der Waals surface area contributed by atoms with Crippen molar-refractivity contribution in [2.75, 3.05) is 6.54 Å². The van der Waals surface area contributed by atoms with Gasteiger partial charge in [0.15, 0.2) is 0 Å². The molecule has 0 spiro atoms. The zero-order chi connectivity index (χ0) is 12.5. The number of hydrogen-bond donors (Lipinski definition) is 1. The van der Waals surface area contributed by atoms with E-state index < -0.39 is 11.6 Å². The van der Waals surface area contributed by atoms with Crippen molar-refractivity contribution in [2.45, 2.75) is 39.2 Å². The lowest BCUT2D eigenvalue weighted by Gasteiger charge is -2.19. The Labute approximate surface area is 101 Å². The second-order valence-corrected chi connectivity index (χ2v) is 5.12. The first-order valence-corrected chi connectivity index (χ1v) is 6.25. The molecule has 1 N–H and O–H groups in total. The molecule has 0 aliphatic heterocycles. The SMILES string of the molecule is CCC1(CNC(C)c2ccc(F)cc2F)CC1. The van der Waals surface area contributed by atoms with Crippen molar-refractivity contribution in [1.29, 1.82) is 0 Å². The van der Waals surface area contributed by atoms with Gasteiger partial charge in [0.1, 0.15) is 11.6 Å². The molecule has 2 rings (SSSR count). The van der Waals surface area contributed by atoms with Crippen molar-refractivity contribution >= 4 is 0 Å². The van der Waals surface area contributed by atoms with Gasteiger partial charge in [-0.25, -0.2) is 8.78 Å². The van der Waals surface area contributed by atoms with Crippen molar-refractivity contribution < 1.29 is 8.78 Å². The van der Waals surface area contributed by atoms with Crippen molar-refractivity contribution in [1.82, 2.24) is 5.32 Å². The molecule has 0 saturated heterocycles. The summed E-state index contributed by atoms with van der Waals surface area (Å²) in [4.78, 5) is 0. The largest absolute Gasteiger partial charge is 0.310 e. The second-order valence-electron chi connectivity index (χ2n) is 5.12. The van der Waals surface area contributed by atoms with Gasteiger partial charge in [-0.3, -0.25) is 0 Å². The van der Waals surface area contributed by atoms with Crippen LogP contribution in [0.5, 0.6) is 0 Å². The van der Waals surface area contributed by atoms with Gasteiger partial charge in [0.05, 0.1) is 0 Å². The first-order chi connectivity index (χ1) is 8.06. The Kier molecular flexibility index (Phi) is 3.48. The highest BCUT2D eigenvalue weighted by molar-refractivity contribution is 5.21. The van der Waals surface area contributed by atoms with Gasteiger partial charge < -0.3 is 5.32 Å². The first kappa shape index (κ1) is 12.5. The standard InChI is InChI=1S/C14H19F2N/c1-3-14(6-7-14)9-17-10(2)12-5-4-11(15)8-13(12)16/h4-5,8,10,17H,3,6-7,9H2,1-2H3. The third-order valence-electron chi connectivity index (χ3n) is 3.92. The van der Waals surface area contributed by atoms with E-state index in [4.69, 9.17) is 0 Å². The molecule has 17 heavy (non-hydrogen) atoms. The molecule has 1 nitrogen and oxygen atoms in total. The molecule has 0 radical (unpaired) electrons. The van der Waals surface area contributed by atoms with Crippen LogP contribution in [0.1, 0.15) is 44.7 Å². The predicted octanol–water partition coefficient (Wildman–Crippen LogP) is 3.81. The zero-order valence-corrected chi connectivity index (χ0v) is 10.4. The smallest absolute Gasteiger partial charge is 0.130 e. The summed E-state index contributed by atoms with van der Waals surface area (Å²) in [5, 5.41) is 3.35. The summed E-state index contributed by atoms with van der Waals surface area (Å²) < 4.78 is 26.3. The highest BCUT2D eigenvalue weighted by Crippen LogP contribution is 2.48. The molecule has 94 valence electrons. The van der Waals surface area contributed by atoms with Crippen LogP contribution in [0.25, 0.3) is 0 Å². The summed E-state index contributed by atoms with van der Waals surface area (Å²) in [5.74, 6) is -0.989. The fourth-order valence-electron chi connectivity index (χ4n) is 2.16. The maximum absolute atomic E-state index is 13.5. The molecule has 1 aromatic rings. The minimum absolute atomic E-state index is 0.0698. The maximum Gasteiger partial charge on any atom is 0.130 e. The molecule has 0 aromatic heterocycles. The molecule has 1 aliphatic carbocycles. The molecule has 0 amide bonds. The summed E-state index contributed by atoms with van der Waals surface area (Å²) in [7, 11) is 0. The highest BCUT2D eigenvalue weighted by atomic mass is 19.1. The van der Waals surface area contributed by atoms with E-state index in [1.807, 2.05) is 6.92 Å². The van der Waals surface area contributed by atoms with Crippen LogP contribution in [0.4, 0.5) is 8.78 Å². The Balaban J connectivity index is 1.97. The lowest BCUT2D eigenvalue weighted by Crippen LogP contribution is -2.27. The van der Waals surface area contributed by atoms with E-state index >= 15 is 0 Å². The van der Waals surface area contributed by atoms with Gasteiger partial charge in [-0.1, -0.05) is 13.0 Å². The minimum Gasteiger partial charge on any atom is -0.310 e. The van der Waals surface area contributed by atoms with E-state index in [1.54, 1.807) is 0 Å². The van der Waals surface area contributed by atoms with Crippen LogP contribution < -0.4 is 5.32 Å². The molecule has 1 aromatic carbocycles. The van der Waals surface area contributed by atoms with Gasteiger partial charge in [0, 0.05) is 24.2 Å². The summed E-state index contributed by atoms with van der Waals surface area (Å²) in [6, 6.07) is 3.71. The van der Waals surface area contributed by atoms with Crippen LogP contribution in [0.3, 0.4) is 0 Å². The summed E-state index contributed by atoms with van der Waals surface area (Å²) in [6.07, 6.45) is 3.68. The van der Waals surface area contributed by atoms with Gasteiger partial charge in [-0.15, -0.1) is 0 Å². The molecule has 0 bridgehead atoms. The van der Waals surface area contributed by atoms with Crippen LogP contribution in [0.15, 0.2) is 18.2 Å². The fraction of sp³-hybridized carbons (Fsp3) is 0.571. The fourth-order valence-corrected chi connectivity index (χ4v) is 2.16. The molecule has 3 heteroatoms. The van der Waals surface area contributed by atoms with Crippen LogP contribution in [-0.4, -0.2) is 6.54 Å². The molecule has 1 saturated carbocycles. The number of hydrogen-bond acceptors (Lipinski definition) is 1. The van der Waals surface area contributed by atoms with Crippen molar-refractivity contribution in [2.24, 2.45) is 5.41 Å². The van der Waals surface area contributed by atoms with Crippen molar-refractivity contribution in [3.05, 3.63) is 35.4 Å². The van der Waals surface area contributed by atoms with E-state index in [0.29, 0.717) is 11.0 Å². The summed E-state index contributed by atoms with van der Waals surface area (Å²) in [6.45, 7) is 5.03. The lowest BCUT2D eigenvalue weighted by atomic mass is 10.0. The lowest BCUT2D eigenvalue weighted by molar-refractivity contribution is 0.408. The average Bonchev–Trinajstić information content (AvgIpc) is 3.07. The Hall–Kier alpha value is -0.960. The van der Waals surface area contributed by atoms with Gasteiger partial charge in [-0.05, 0) is 37.7 Å². The molecule has 1 atom stereocenters. The number of nitrogens with one attached hydrogen (secondary N) is 1. The topological polar surface area (TPSA) is 12.0 Å². The molecular formula is C14H19F2N. The van der Waals surface area contributed by atoms with E-state index in [-0.39, 0.29) is 6.04 Å². The molecule has 0 heterocycles. The number of benzene rings is 1. The van der Waals surface area contributed by atoms with Gasteiger partial charge >= 0.3 is 0 Å². The molecule has 1 aliphatic rings. The van der Waals surface area contributed by atoms with Crippen LogP contribution >= 0.6 is 0 Å². The van der Waals surface area contributed by atoms with E-state index in [0.717, 1.165) is 12.6 Å². The second kappa shape index (κ2) is 4.73. The van der Waals surface area contributed by atoms with Gasteiger partial charge in [-0.2, -0.15) is 0 Å². The molecule has 1 fully saturated rings. The number of rotatable bonds is 5. The highest BCUT2D eigenvalue weighted by Gasteiger charge is 2.40. The first-order valence-electron chi connectivity index (χ1n) is 6.25. The van der Waals surface area contributed by atoms with E-state index in [1.165, 1.54) is 31.4 Å². The number of halogens is 2. The zero-order valence-electron chi connectivity index (χ0n) is 10.4. The van der Waals surface area contributed by atoms with Crippen molar-refractivity contribution in [3.8, 4) is 0 Å². The van der Waals surface area contributed by atoms with E-state index in [9.17, 15) is 8.78 Å². The van der Waals surface area contributed by atoms with Crippen LogP contribution in [-0.2, 0) is 0 Å². The van der Waals surface area contributed by atoms with Gasteiger partial charge in [0.25, 0.3) is 0 Å². The third-order valence-corrected chi connectivity index (χ3v) is 3.92. The third kappa shape index (κ3) is 2.83. The Morgan fingerprint density at radius 3 is 2.59 bits per heavy atom. The monoisotopic (exact) mass is 239 g/mol. The summed E-state index contributed by atoms with van der Waals surface area (Å²) >= 11 is 0. The maximum atomic E-state index is 13.5.